The van der Waals surface area contributed by atoms with Gasteiger partial charge in [-0.15, -0.1) is 0 Å². The Morgan fingerprint density at radius 2 is 1.72 bits per heavy atom. The summed E-state index contributed by atoms with van der Waals surface area (Å²) in [5.74, 6) is -1.97. The largest absolute Gasteiger partial charge is 0.444 e. The highest BCUT2D eigenvalue weighted by Gasteiger charge is 2.41. The Bertz CT molecular complexity index is 1170. The topological polar surface area (TPSA) is 48.0 Å². The van der Waals surface area contributed by atoms with Gasteiger partial charge in [0.05, 0.1) is 35.2 Å². The molecule has 1 saturated heterocycles. The monoisotopic (exact) mass is 539 g/mol. The van der Waals surface area contributed by atoms with E-state index in [0.29, 0.717) is 41.9 Å². The highest BCUT2D eigenvalue weighted by Crippen LogP contribution is 2.47. The van der Waals surface area contributed by atoms with Gasteiger partial charge in [0.25, 0.3) is 11.7 Å². The molecule has 0 bridgehead atoms. The quantitative estimate of drug-likeness (QED) is 0.378. The van der Waals surface area contributed by atoms with E-state index in [1.165, 1.54) is 24.6 Å². The van der Waals surface area contributed by atoms with E-state index in [1.807, 2.05) is 13.8 Å². The standard InChI is InChI=1S/C19H16Cl2FNO4.C8H13F/c1-19(13-3-2-11(20)8-14(13)21)26-16-9-12(15(22)10-17(16)27-19)18(24)23-4-6-25-7-5-23;1-4-7(2)5-6-8(3)9/h2-3,8-10H,4-7H2,1H3;5-6H,4H2,1-3H3/b;7-5-,8-6+. The minimum Gasteiger partial charge on any atom is -0.444 e. The van der Waals surface area contributed by atoms with Crippen molar-refractivity contribution in [3.8, 4) is 11.5 Å². The molecule has 0 aromatic heterocycles. The molecule has 0 aliphatic carbocycles. The zero-order valence-electron chi connectivity index (χ0n) is 20.7. The lowest BCUT2D eigenvalue weighted by Gasteiger charge is -2.27. The Morgan fingerprint density at radius 3 is 2.31 bits per heavy atom. The molecule has 5 nitrogen and oxygen atoms in total. The van der Waals surface area contributed by atoms with Gasteiger partial charge in [-0.25, -0.2) is 8.78 Å². The molecule has 4 rings (SSSR count). The lowest BCUT2D eigenvalue weighted by molar-refractivity contribution is -0.0679. The number of fused-ring (bicyclic) bond motifs is 1. The van der Waals surface area contributed by atoms with Crippen LogP contribution in [0.5, 0.6) is 11.5 Å². The van der Waals surface area contributed by atoms with Crippen LogP contribution in [0.2, 0.25) is 10.0 Å². The van der Waals surface area contributed by atoms with E-state index in [2.05, 4.69) is 0 Å². The predicted octanol–water partition coefficient (Wildman–Crippen LogP) is 7.47. The highest BCUT2D eigenvalue weighted by molar-refractivity contribution is 6.35. The molecule has 194 valence electrons. The third kappa shape index (κ3) is 6.78. The van der Waals surface area contributed by atoms with Gasteiger partial charge in [-0.3, -0.25) is 4.79 Å². The Morgan fingerprint density at radius 1 is 1.08 bits per heavy atom. The smallest absolute Gasteiger partial charge is 0.276 e. The summed E-state index contributed by atoms with van der Waals surface area (Å²) in [5, 5.41) is 0.843. The second-order valence-electron chi connectivity index (χ2n) is 8.58. The van der Waals surface area contributed by atoms with Crippen LogP contribution in [-0.2, 0) is 10.5 Å². The summed E-state index contributed by atoms with van der Waals surface area (Å²) in [6.07, 6.45) is 4.28. The van der Waals surface area contributed by atoms with Crippen molar-refractivity contribution in [2.75, 3.05) is 26.3 Å². The fourth-order valence-corrected chi connectivity index (χ4v) is 4.16. The molecule has 0 N–H and O–H groups in total. The summed E-state index contributed by atoms with van der Waals surface area (Å²) in [7, 11) is 0. The lowest BCUT2D eigenvalue weighted by atomic mass is 10.1. The minimum atomic E-state index is -1.25. The molecule has 2 aliphatic heterocycles. The Kier molecular flexibility index (Phi) is 9.39. The minimum absolute atomic E-state index is 0.0642. The third-order valence-corrected chi connectivity index (χ3v) is 6.29. The van der Waals surface area contributed by atoms with Crippen LogP contribution < -0.4 is 9.47 Å². The Balaban J connectivity index is 0.000000345. The van der Waals surface area contributed by atoms with Gasteiger partial charge in [-0.05, 0) is 50.6 Å². The van der Waals surface area contributed by atoms with Gasteiger partial charge in [-0.2, -0.15) is 0 Å². The summed E-state index contributed by atoms with van der Waals surface area (Å²) in [6.45, 7) is 8.86. The summed E-state index contributed by atoms with van der Waals surface area (Å²) >= 11 is 12.2. The molecule has 36 heavy (non-hydrogen) atoms. The average Bonchev–Trinajstić information content (AvgIpc) is 3.17. The number of halogens is 4. The first-order chi connectivity index (χ1) is 17.0. The molecule has 0 spiro atoms. The SMILES string of the molecule is CC/C(C)=C\C=C(/C)F.CC1(c2ccc(Cl)cc2Cl)Oc2cc(F)c(C(=O)N3CCOCC3)cc2O1. The maximum Gasteiger partial charge on any atom is 0.276 e. The molecule has 1 atom stereocenters. The Hall–Kier alpha value is -2.61. The summed E-state index contributed by atoms with van der Waals surface area (Å²) < 4.78 is 43.6. The van der Waals surface area contributed by atoms with Crippen molar-refractivity contribution in [2.45, 2.75) is 39.9 Å². The van der Waals surface area contributed by atoms with Gasteiger partial charge in [0, 0.05) is 31.1 Å². The number of carbonyl (C=O) groups is 1. The molecule has 1 amide bonds. The molecule has 2 aromatic rings. The van der Waals surface area contributed by atoms with E-state index in [4.69, 9.17) is 37.4 Å². The number of amides is 1. The first-order valence-corrected chi connectivity index (χ1v) is 12.3. The number of hydrogen-bond donors (Lipinski definition) is 0. The van der Waals surface area contributed by atoms with Gasteiger partial charge >= 0.3 is 0 Å². The molecule has 0 radical (unpaired) electrons. The fourth-order valence-electron chi connectivity index (χ4n) is 3.58. The number of hydrogen-bond acceptors (Lipinski definition) is 4. The van der Waals surface area contributed by atoms with E-state index in [1.54, 1.807) is 36.1 Å². The van der Waals surface area contributed by atoms with Crippen LogP contribution in [0.25, 0.3) is 0 Å². The molecule has 2 aromatic carbocycles. The molecular weight excluding hydrogens is 511 g/mol. The maximum absolute atomic E-state index is 14.6. The lowest BCUT2D eigenvalue weighted by Crippen LogP contribution is -2.41. The van der Waals surface area contributed by atoms with Crippen molar-refractivity contribution < 1.29 is 27.8 Å². The number of rotatable bonds is 4. The van der Waals surface area contributed by atoms with E-state index in [0.717, 1.165) is 12.5 Å². The Labute approximate surface area is 220 Å². The van der Waals surface area contributed by atoms with Gasteiger partial charge in [0.15, 0.2) is 11.5 Å². The second kappa shape index (κ2) is 12.1. The molecule has 2 aliphatic rings. The number of allylic oxidation sites excluding steroid dienone is 4. The molecule has 1 fully saturated rings. The van der Waals surface area contributed by atoms with Crippen molar-refractivity contribution in [2.24, 2.45) is 0 Å². The van der Waals surface area contributed by atoms with Crippen molar-refractivity contribution in [1.82, 2.24) is 4.90 Å². The molecule has 9 heteroatoms. The van der Waals surface area contributed by atoms with Crippen LogP contribution in [-0.4, -0.2) is 37.1 Å². The summed E-state index contributed by atoms with van der Waals surface area (Å²) in [4.78, 5) is 14.2. The number of morpholine rings is 1. The van der Waals surface area contributed by atoms with Crippen LogP contribution >= 0.6 is 23.2 Å². The summed E-state index contributed by atoms with van der Waals surface area (Å²) in [5.41, 5.74) is 1.68. The van der Waals surface area contributed by atoms with Crippen molar-refractivity contribution in [3.63, 3.8) is 0 Å². The summed E-state index contributed by atoms with van der Waals surface area (Å²) in [6, 6.07) is 7.47. The van der Waals surface area contributed by atoms with Crippen LogP contribution in [0.4, 0.5) is 8.78 Å². The highest BCUT2D eigenvalue weighted by atomic mass is 35.5. The van der Waals surface area contributed by atoms with Crippen LogP contribution in [0.1, 0.15) is 50.0 Å². The van der Waals surface area contributed by atoms with Crippen LogP contribution in [0, 0.1) is 5.82 Å². The zero-order chi connectivity index (χ0) is 26.5. The normalized spacial score (nSPS) is 19.6. The van der Waals surface area contributed by atoms with Gasteiger partial charge in [0.1, 0.15) is 5.82 Å². The van der Waals surface area contributed by atoms with Crippen molar-refractivity contribution in [3.05, 3.63) is 80.9 Å². The number of ether oxygens (including phenoxy) is 3. The number of nitrogens with zero attached hydrogens (tertiary/aromatic N) is 1. The zero-order valence-corrected chi connectivity index (χ0v) is 22.2. The molecule has 0 saturated carbocycles. The number of benzene rings is 2. The first-order valence-electron chi connectivity index (χ1n) is 11.6. The van der Waals surface area contributed by atoms with E-state index in [9.17, 15) is 13.6 Å². The third-order valence-electron chi connectivity index (χ3n) is 5.75. The maximum atomic E-state index is 14.6. The predicted molar refractivity (Wildman–Crippen MR) is 137 cm³/mol. The molecule has 1 unspecified atom stereocenters. The first kappa shape index (κ1) is 28.0. The van der Waals surface area contributed by atoms with E-state index in [-0.39, 0.29) is 22.9 Å². The molecule has 2 heterocycles. The van der Waals surface area contributed by atoms with Crippen molar-refractivity contribution in [1.29, 1.82) is 0 Å². The fraction of sp³-hybridized carbons (Fsp3) is 0.370. The average molecular weight is 540 g/mol. The van der Waals surface area contributed by atoms with Gasteiger partial charge in [-0.1, -0.05) is 41.8 Å². The van der Waals surface area contributed by atoms with Gasteiger partial charge < -0.3 is 19.1 Å². The van der Waals surface area contributed by atoms with E-state index >= 15 is 0 Å². The van der Waals surface area contributed by atoms with Crippen LogP contribution in [0.3, 0.4) is 0 Å². The second-order valence-corrected chi connectivity index (χ2v) is 9.42. The van der Waals surface area contributed by atoms with Crippen LogP contribution in [0.15, 0.2) is 53.9 Å². The van der Waals surface area contributed by atoms with E-state index < -0.39 is 17.5 Å². The molecular formula is C27H29Cl2F2NO4. The van der Waals surface area contributed by atoms with Crippen molar-refractivity contribution >= 4 is 29.1 Å². The number of carbonyl (C=O) groups excluding carboxylic acids is 1. The van der Waals surface area contributed by atoms with Gasteiger partial charge in [0.2, 0.25) is 0 Å².